The lowest BCUT2D eigenvalue weighted by molar-refractivity contribution is -0.129. The maximum Gasteiger partial charge on any atom is 0.242 e. The van der Waals surface area contributed by atoms with Gasteiger partial charge < -0.3 is 15.1 Å². The summed E-state index contributed by atoms with van der Waals surface area (Å²) < 4.78 is 5.37. The van der Waals surface area contributed by atoms with Gasteiger partial charge in [0.15, 0.2) is 0 Å². The largest absolute Gasteiger partial charge is 0.468 e. The van der Waals surface area contributed by atoms with Crippen molar-refractivity contribution in [2.75, 3.05) is 13.1 Å². The maximum absolute atomic E-state index is 12.3. The molecule has 0 radical (unpaired) electrons. The van der Waals surface area contributed by atoms with Crippen molar-refractivity contribution in [2.24, 2.45) is 0 Å². The highest BCUT2D eigenvalue weighted by molar-refractivity contribution is 5.88. The first-order chi connectivity index (χ1) is 10.7. The van der Waals surface area contributed by atoms with Crippen LogP contribution in [-0.2, 0) is 16.1 Å². The Morgan fingerprint density at radius 1 is 1.36 bits per heavy atom. The summed E-state index contributed by atoms with van der Waals surface area (Å²) in [5, 5.41) is 5.72. The fraction of sp³-hybridized carbons (Fsp3) is 0.625. The standard InChI is InChI=1S/C16H23N3O3/c20-15(18-14-5-1-2-8-17-16(14)21)11-19(12-6-7-12)10-13-4-3-9-22-13/h3-4,9,12,14H,1-2,5-8,10-11H2,(H,17,21)(H,18,20)/t14-/m0/s1. The van der Waals surface area contributed by atoms with Crippen LogP contribution in [0.5, 0.6) is 0 Å². The summed E-state index contributed by atoms with van der Waals surface area (Å²) >= 11 is 0. The summed E-state index contributed by atoms with van der Waals surface area (Å²) in [5.41, 5.74) is 0. The van der Waals surface area contributed by atoms with Crippen molar-refractivity contribution in [2.45, 2.75) is 50.7 Å². The first kappa shape index (κ1) is 15.1. The van der Waals surface area contributed by atoms with Gasteiger partial charge >= 0.3 is 0 Å². The Balaban J connectivity index is 1.53. The van der Waals surface area contributed by atoms with Gasteiger partial charge in [-0.3, -0.25) is 14.5 Å². The van der Waals surface area contributed by atoms with Crippen LogP contribution >= 0.6 is 0 Å². The summed E-state index contributed by atoms with van der Waals surface area (Å²) in [6.07, 6.45) is 6.55. The van der Waals surface area contributed by atoms with Crippen molar-refractivity contribution >= 4 is 11.8 Å². The van der Waals surface area contributed by atoms with Gasteiger partial charge in [-0.05, 0) is 44.2 Å². The third-order valence-electron chi connectivity index (χ3n) is 4.22. The lowest BCUT2D eigenvalue weighted by Gasteiger charge is -2.22. The van der Waals surface area contributed by atoms with Gasteiger partial charge in [-0.25, -0.2) is 0 Å². The second-order valence-corrected chi connectivity index (χ2v) is 6.12. The molecule has 2 fully saturated rings. The molecule has 1 atom stereocenters. The molecule has 1 saturated heterocycles. The van der Waals surface area contributed by atoms with Crippen molar-refractivity contribution in [1.82, 2.24) is 15.5 Å². The molecule has 1 saturated carbocycles. The van der Waals surface area contributed by atoms with E-state index in [2.05, 4.69) is 15.5 Å². The molecule has 2 aliphatic rings. The number of carbonyl (C=O) groups is 2. The SMILES string of the molecule is O=C(CN(Cc1ccco1)C1CC1)N[C@H]1CCCCNC1=O. The zero-order chi connectivity index (χ0) is 15.4. The molecule has 6 nitrogen and oxygen atoms in total. The van der Waals surface area contributed by atoms with Crippen LogP contribution in [0, 0.1) is 0 Å². The zero-order valence-corrected chi connectivity index (χ0v) is 12.7. The molecule has 0 bridgehead atoms. The minimum absolute atomic E-state index is 0.0603. The first-order valence-corrected chi connectivity index (χ1v) is 8.06. The monoisotopic (exact) mass is 305 g/mol. The van der Waals surface area contributed by atoms with Gasteiger partial charge in [-0.2, -0.15) is 0 Å². The molecule has 1 aromatic rings. The molecule has 120 valence electrons. The zero-order valence-electron chi connectivity index (χ0n) is 12.7. The molecule has 0 spiro atoms. The maximum atomic E-state index is 12.3. The number of nitrogens with zero attached hydrogens (tertiary/aromatic N) is 1. The van der Waals surface area contributed by atoms with Crippen molar-refractivity contribution < 1.29 is 14.0 Å². The Kier molecular flexibility index (Phi) is 4.77. The highest BCUT2D eigenvalue weighted by Gasteiger charge is 2.31. The Hall–Kier alpha value is -1.82. The van der Waals surface area contributed by atoms with Crippen LogP contribution in [0.15, 0.2) is 22.8 Å². The normalized spacial score (nSPS) is 22.2. The number of amides is 2. The van der Waals surface area contributed by atoms with Gasteiger partial charge in [-0.1, -0.05) is 0 Å². The van der Waals surface area contributed by atoms with E-state index in [0.29, 0.717) is 25.7 Å². The smallest absolute Gasteiger partial charge is 0.242 e. The Morgan fingerprint density at radius 3 is 2.95 bits per heavy atom. The third-order valence-corrected chi connectivity index (χ3v) is 4.22. The van der Waals surface area contributed by atoms with E-state index in [-0.39, 0.29) is 17.9 Å². The fourth-order valence-corrected chi connectivity index (χ4v) is 2.86. The van der Waals surface area contributed by atoms with E-state index in [1.807, 2.05) is 12.1 Å². The second-order valence-electron chi connectivity index (χ2n) is 6.12. The van der Waals surface area contributed by atoms with Crippen molar-refractivity contribution in [1.29, 1.82) is 0 Å². The van der Waals surface area contributed by atoms with Crippen LogP contribution in [0.1, 0.15) is 37.9 Å². The van der Waals surface area contributed by atoms with Gasteiger partial charge in [0, 0.05) is 12.6 Å². The van der Waals surface area contributed by atoms with E-state index in [1.54, 1.807) is 6.26 Å². The quantitative estimate of drug-likeness (QED) is 0.823. The molecule has 6 heteroatoms. The summed E-state index contributed by atoms with van der Waals surface area (Å²) in [4.78, 5) is 26.3. The van der Waals surface area contributed by atoms with Crippen molar-refractivity contribution in [3.63, 3.8) is 0 Å². The van der Waals surface area contributed by atoms with Gasteiger partial charge in [0.2, 0.25) is 11.8 Å². The number of hydrogen-bond acceptors (Lipinski definition) is 4. The minimum atomic E-state index is -0.389. The number of rotatable bonds is 6. The lowest BCUT2D eigenvalue weighted by Crippen LogP contribution is -2.48. The summed E-state index contributed by atoms with van der Waals surface area (Å²) in [6, 6.07) is 3.85. The summed E-state index contributed by atoms with van der Waals surface area (Å²) in [6.45, 7) is 1.66. The summed E-state index contributed by atoms with van der Waals surface area (Å²) in [7, 11) is 0. The fourth-order valence-electron chi connectivity index (χ4n) is 2.86. The van der Waals surface area contributed by atoms with E-state index in [4.69, 9.17) is 4.42 Å². The highest BCUT2D eigenvalue weighted by atomic mass is 16.3. The van der Waals surface area contributed by atoms with Crippen LogP contribution in [0.25, 0.3) is 0 Å². The number of nitrogens with one attached hydrogen (secondary N) is 2. The molecule has 1 aliphatic heterocycles. The second kappa shape index (κ2) is 6.96. The van der Waals surface area contributed by atoms with E-state index in [9.17, 15) is 9.59 Å². The average molecular weight is 305 g/mol. The average Bonchev–Trinajstić information content (AvgIpc) is 3.25. The minimum Gasteiger partial charge on any atom is -0.468 e. The van der Waals surface area contributed by atoms with Crippen molar-refractivity contribution in [3.8, 4) is 0 Å². The van der Waals surface area contributed by atoms with E-state index < -0.39 is 0 Å². The highest BCUT2D eigenvalue weighted by Crippen LogP contribution is 2.28. The summed E-state index contributed by atoms with van der Waals surface area (Å²) in [5.74, 6) is 0.724. The topological polar surface area (TPSA) is 74.6 Å². The Labute approximate surface area is 130 Å². The van der Waals surface area contributed by atoms with Gasteiger partial charge in [0.25, 0.3) is 0 Å². The molecule has 0 unspecified atom stereocenters. The van der Waals surface area contributed by atoms with Crippen molar-refractivity contribution in [3.05, 3.63) is 24.2 Å². The van der Waals surface area contributed by atoms with Gasteiger partial charge in [0.1, 0.15) is 11.8 Å². The molecule has 1 aliphatic carbocycles. The molecule has 3 rings (SSSR count). The number of carbonyl (C=O) groups excluding carboxylic acids is 2. The third kappa shape index (κ3) is 4.10. The Morgan fingerprint density at radius 2 is 2.23 bits per heavy atom. The lowest BCUT2D eigenvalue weighted by atomic mass is 10.1. The predicted molar refractivity (Wildman–Crippen MR) is 80.9 cm³/mol. The van der Waals surface area contributed by atoms with Crippen LogP contribution < -0.4 is 10.6 Å². The van der Waals surface area contributed by atoms with Crippen LogP contribution in [0.3, 0.4) is 0 Å². The van der Waals surface area contributed by atoms with E-state index >= 15 is 0 Å². The predicted octanol–water partition coefficient (Wildman–Crippen LogP) is 1.03. The number of hydrogen-bond donors (Lipinski definition) is 2. The van der Waals surface area contributed by atoms with Gasteiger partial charge in [-0.15, -0.1) is 0 Å². The van der Waals surface area contributed by atoms with E-state index in [0.717, 1.165) is 37.9 Å². The Bertz CT molecular complexity index is 511. The molecular formula is C16H23N3O3. The van der Waals surface area contributed by atoms with E-state index in [1.165, 1.54) is 0 Å². The number of furan rings is 1. The molecule has 1 aromatic heterocycles. The molecular weight excluding hydrogens is 282 g/mol. The van der Waals surface area contributed by atoms with Gasteiger partial charge in [0.05, 0.1) is 19.4 Å². The molecule has 2 heterocycles. The molecule has 2 N–H and O–H groups in total. The molecule has 0 aromatic carbocycles. The van der Waals surface area contributed by atoms with Crippen LogP contribution in [0.2, 0.25) is 0 Å². The molecule has 22 heavy (non-hydrogen) atoms. The molecule has 2 amide bonds. The van der Waals surface area contributed by atoms with Crippen LogP contribution in [0.4, 0.5) is 0 Å². The first-order valence-electron chi connectivity index (χ1n) is 8.06. The van der Waals surface area contributed by atoms with Crippen LogP contribution in [-0.4, -0.2) is 41.9 Å².